The molecular formula is C15H19NS2. The van der Waals surface area contributed by atoms with E-state index in [9.17, 15) is 0 Å². The van der Waals surface area contributed by atoms with Crippen LogP contribution in [0.5, 0.6) is 0 Å². The predicted octanol–water partition coefficient (Wildman–Crippen LogP) is 4.88. The van der Waals surface area contributed by atoms with Gasteiger partial charge in [-0.05, 0) is 41.9 Å². The van der Waals surface area contributed by atoms with Gasteiger partial charge in [-0.15, -0.1) is 22.7 Å². The smallest absolute Gasteiger partial charge is 0.0351 e. The third kappa shape index (κ3) is 3.55. The molecule has 0 radical (unpaired) electrons. The lowest BCUT2D eigenvalue weighted by molar-refractivity contribution is 0.762. The summed E-state index contributed by atoms with van der Waals surface area (Å²) in [5, 5.41) is 7.77. The largest absolute Gasteiger partial charge is 0.313 e. The lowest BCUT2D eigenvalue weighted by Crippen LogP contribution is -2.15. The zero-order chi connectivity index (χ0) is 12.8. The molecule has 3 heteroatoms. The summed E-state index contributed by atoms with van der Waals surface area (Å²) in [5.74, 6) is 0. The van der Waals surface area contributed by atoms with Crippen LogP contribution in [-0.4, -0.2) is 13.1 Å². The molecule has 0 saturated heterocycles. The van der Waals surface area contributed by atoms with Crippen LogP contribution >= 0.6 is 22.7 Å². The van der Waals surface area contributed by atoms with Crippen molar-refractivity contribution in [3.63, 3.8) is 0 Å². The number of nitrogens with one attached hydrogen (secondary N) is 1. The average molecular weight is 277 g/mol. The molecule has 0 aliphatic rings. The van der Waals surface area contributed by atoms with Crippen molar-refractivity contribution in [1.82, 2.24) is 5.32 Å². The van der Waals surface area contributed by atoms with E-state index >= 15 is 0 Å². The summed E-state index contributed by atoms with van der Waals surface area (Å²) in [6, 6.07) is 6.58. The zero-order valence-electron chi connectivity index (χ0n) is 10.9. The molecule has 1 N–H and O–H groups in total. The van der Waals surface area contributed by atoms with Gasteiger partial charge in [0.2, 0.25) is 0 Å². The number of hydrogen-bond acceptors (Lipinski definition) is 3. The SMILES string of the molecule is CCNCC(=Cc1cc(-c2cccs2)cs1)CC. The lowest BCUT2D eigenvalue weighted by Gasteiger charge is -2.04. The molecular weight excluding hydrogens is 258 g/mol. The highest BCUT2D eigenvalue weighted by Gasteiger charge is 2.02. The van der Waals surface area contributed by atoms with Gasteiger partial charge in [-0.1, -0.05) is 25.5 Å². The van der Waals surface area contributed by atoms with E-state index in [1.807, 2.05) is 11.3 Å². The Kier molecular flexibility index (Phi) is 5.17. The average Bonchev–Trinajstić information content (AvgIpc) is 3.04. The first-order valence-corrected chi connectivity index (χ1v) is 8.12. The van der Waals surface area contributed by atoms with Gasteiger partial charge in [0.05, 0.1) is 0 Å². The van der Waals surface area contributed by atoms with Crippen molar-refractivity contribution in [3.05, 3.63) is 39.4 Å². The summed E-state index contributed by atoms with van der Waals surface area (Å²) in [5.41, 5.74) is 2.82. The molecule has 0 saturated carbocycles. The van der Waals surface area contributed by atoms with E-state index in [0.717, 1.165) is 19.5 Å². The van der Waals surface area contributed by atoms with Gasteiger partial charge in [0.15, 0.2) is 0 Å². The minimum atomic E-state index is 0.999. The molecule has 18 heavy (non-hydrogen) atoms. The van der Waals surface area contributed by atoms with Gasteiger partial charge in [0.1, 0.15) is 0 Å². The highest BCUT2D eigenvalue weighted by atomic mass is 32.1. The molecule has 2 heterocycles. The number of thiophene rings is 2. The van der Waals surface area contributed by atoms with E-state index in [2.05, 4.69) is 54.2 Å². The Morgan fingerprint density at radius 3 is 2.89 bits per heavy atom. The molecule has 2 rings (SSSR count). The molecule has 0 aromatic carbocycles. The molecule has 0 amide bonds. The molecule has 0 aliphatic carbocycles. The first-order chi connectivity index (χ1) is 8.83. The number of hydrogen-bond donors (Lipinski definition) is 1. The van der Waals surface area contributed by atoms with Crippen LogP contribution in [0.25, 0.3) is 16.5 Å². The summed E-state index contributed by atoms with van der Waals surface area (Å²) in [7, 11) is 0. The molecule has 0 fully saturated rings. The highest BCUT2D eigenvalue weighted by Crippen LogP contribution is 2.30. The van der Waals surface area contributed by atoms with Crippen molar-refractivity contribution in [1.29, 1.82) is 0 Å². The maximum atomic E-state index is 3.39. The third-order valence-corrected chi connectivity index (χ3v) is 4.63. The molecule has 0 spiro atoms. The van der Waals surface area contributed by atoms with E-state index < -0.39 is 0 Å². The Bertz CT molecular complexity index is 494. The molecule has 0 aliphatic heterocycles. The van der Waals surface area contributed by atoms with Crippen LogP contribution in [0.2, 0.25) is 0 Å². The summed E-state index contributed by atoms with van der Waals surface area (Å²) in [4.78, 5) is 2.71. The van der Waals surface area contributed by atoms with Crippen LogP contribution < -0.4 is 5.32 Å². The molecule has 96 valence electrons. The zero-order valence-corrected chi connectivity index (χ0v) is 12.5. The number of likely N-dealkylation sites (N-methyl/N-ethyl adjacent to an activating group) is 1. The van der Waals surface area contributed by atoms with Crippen molar-refractivity contribution >= 4 is 28.7 Å². The van der Waals surface area contributed by atoms with Crippen LogP contribution in [-0.2, 0) is 0 Å². The van der Waals surface area contributed by atoms with Crippen LogP contribution in [0.15, 0.2) is 34.5 Å². The minimum absolute atomic E-state index is 0.999. The summed E-state index contributed by atoms with van der Waals surface area (Å²) in [6.45, 7) is 6.39. The monoisotopic (exact) mass is 277 g/mol. The van der Waals surface area contributed by atoms with E-state index in [0.29, 0.717) is 0 Å². The quantitative estimate of drug-likeness (QED) is 0.793. The van der Waals surface area contributed by atoms with E-state index in [-0.39, 0.29) is 0 Å². The molecule has 0 atom stereocenters. The standard InChI is InChI=1S/C15H19NS2/c1-3-12(10-16-4-2)8-14-9-13(11-18-14)15-6-5-7-17-15/h5-9,11,16H,3-4,10H2,1-2H3. The van der Waals surface area contributed by atoms with Crippen LogP contribution in [0.3, 0.4) is 0 Å². The Morgan fingerprint density at radius 2 is 2.22 bits per heavy atom. The summed E-state index contributed by atoms with van der Waals surface area (Å²) in [6.07, 6.45) is 3.43. The van der Waals surface area contributed by atoms with Gasteiger partial charge in [-0.3, -0.25) is 0 Å². The lowest BCUT2D eigenvalue weighted by atomic mass is 10.1. The second kappa shape index (κ2) is 6.88. The second-order valence-corrected chi connectivity index (χ2v) is 6.04. The van der Waals surface area contributed by atoms with Crippen LogP contribution in [0, 0.1) is 0 Å². The van der Waals surface area contributed by atoms with Crippen LogP contribution in [0.4, 0.5) is 0 Å². The highest BCUT2D eigenvalue weighted by molar-refractivity contribution is 7.15. The minimum Gasteiger partial charge on any atom is -0.313 e. The van der Waals surface area contributed by atoms with Gasteiger partial charge in [-0.2, -0.15) is 0 Å². The second-order valence-electron chi connectivity index (χ2n) is 4.15. The Hall–Kier alpha value is -0.900. The van der Waals surface area contributed by atoms with Crippen LogP contribution in [0.1, 0.15) is 25.1 Å². The van der Waals surface area contributed by atoms with Crippen molar-refractivity contribution in [3.8, 4) is 10.4 Å². The molecule has 1 nitrogen and oxygen atoms in total. The van der Waals surface area contributed by atoms with Gasteiger partial charge < -0.3 is 5.32 Å². The Balaban J connectivity index is 2.12. The molecule has 0 unspecified atom stereocenters. The maximum absolute atomic E-state index is 3.39. The fourth-order valence-corrected chi connectivity index (χ4v) is 3.44. The van der Waals surface area contributed by atoms with Gasteiger partial charge >= 0.3 is 0 Å². The van der Waals surface area contributed by atoms with E-state index in [1.165, 1.54) is 20.9 Å². The van der Waals surface area contributed by atoms with Crippen molar-refractivity contribution in [2.45, 2.75) is 20.3 Å². The van der Waals surface area contributed by atoms with Gasteiger partial charge in [0, 0.05) is 21.9 Å². The fourth-order valence-electron chi connectivity index (χ4n) is 1.77. The first-order valence-electron chi connectivity index (χ1n) is 6.36. The van der Waals surface area contributed by atoms with E-state index in [4.69, 9.17) is 0 Å². The normalized spacial score (nSPS) is 12.0. The molecule has 2 aromatic rings. The van der Waals surface area contributed by atoms with Crippen molar-refractivity contribution < 1.29 is 0 Å². The van der Waals surface area contributed by atoms with E-state index in [1.54, 1.807) is 11.3 Å². The van der Waals surface area contributed by atoms with Gasteiger partial charge in [0.25, 0.3) is 0 Å². The first kappa shape index (κ1) is 13.5. The third-order valence-electron chi connectivity index (χ3n) is 2.83. The predicted molar refractivity (Wildman–Crippen MR) is 84.4 cm³/mol. The fraction of sp³-hybridized carbons (Fsp3) is 0.333. The molecule has 0 bridgehead atoms. The molecule has 2 aromatic heterocycles. The topological polar surface area (TPSA) is 12.0 Å². The van der Waals surface area contributed by atoms with Crippen molar-refractivity contribution in [2.75, 3.05) is 13.1 Å². The van der Waals surface area contributed by atoms with Gasteiger partial charge in [-0.25, -0.2) is 0 Å². The summed E-state index contributed by atoms with van der Waals surface area (Å²) < 4.78 is 0. The van der Waals surface area contributed by atoms with Crippen molar-refractivity contribution in [2.24, 2.45) is 0 Å². The number of rotatable bonds is 6. The Morgan fingerprint density at radius 1 is 1.33 bits per heavy atom. The maximum Gasteiger partial charge on any atom is 0.0351 e. The Labute approximate surface area is 117 Å². The summed E-state index contributed by atoms with van der Waals surface area (Å²) >= 11 is 3.63.